The molecule has 5 nitrogen and oxygen atoms in total. The highest BCUT2D eigenvalue weighted by atomic mass is 79.9. The third-order valence-electron chi connectivity index (χ3n) is 4.25. The number of rotatable bonds is 3. The van der Waals surface area contributed by atoms with Gasteiger partial charge in [-0.15, -0.1) is 0 Å². The first-order chi connectivity index (χ1) is 10.6. The smallest absolute Gasteiger partial charge is 0.303 e. The van der Waals surface area contributed by atoms with Gasteiger partial charge in [0.1, 0.15) is 0 Å². The number of nitrogens with one attached hydrogen (secondary N) is 1. The number of carbonyl (C=O) groups is 2. The first-order valence-corrected chi connectivity index (χ1v) is 8.12. The Hall–Kier alpha value is -1.82. The van der Waals surface area contributed by atoms with Crippen molar-refractivity contribution in [2.24, 2.45) is 5.92 Å². The fourth-order valence-electron chi connectivity index (χ4n) is 3.07. The van der Waals surface area contributed by atoms with Gasteiger partial charge in [0.2, 0.25) is 0 Å². The second-order valence-corrected chi connectivity index (χ2v) is 6.55. The predicted molar refractivity (Wildman–Crippen MR) is 86.9 cm³/mol. The SMILES string of the molecule is O=C(O)CC1CCN(C(=O)c2c[nH]c3cccc(Br)c23)CC1. The van der Waals surface area contributed by atoms with E-state index in [4.69, 9.17) is 5.11 Å². The summed E-state index contributed by atoms with van der Waals surface area (Å²) < 4.78 is 0.898. The van der Waals surface area contributed by atoms with Crippen LogP contribution < -0.4 is 0 Å². The average molecular weight is 365 g/mol. The van der Waals surface area contributed by atoms with Gasteiger partial charge in [-0.25, -0.2) is 0 Å². The number of hydrogen-bond donors (Lipinski definition) is 2. The number of H-pyrrole nitrogens is 1. The molecule has 1 saturated heterocycles. The standard InChI is InChI=1S/C16H17BrN2O3/c17-12-2-1-3-13-15(12)11(9-18-13)16(22)19-6-4-10(5-7-19)8-14(20)21/h1-3,9-10,18H,4-8H2,(H,20,21). The lowest BCUT2D eigenvalue weighted by atomic mass is 9.93. The van der Waals surface area contributed by atoms with Gasteiger partial charge in [0.05, 0.1) is 5.56 Å². The number of aliphatic carboxylic acids is 1. The van der Waals surface area contributed by atoms with E-state index in [9.17, 15) is 9.59 Å². The van der Waals surface area contributed by atoms with Crippen LogP contribution in [0.1, 0.15) is 29.6 Å². The van der Waals surface area contributed by atoms with Crippen molar-refractivity contribution in [3.8, 4) is 0 Å². The van der Waals surface area contributed by atoms with Gasteiger partial charge in [-0.1, -0.05) is 22.0 Å². The van der Waals surface area contributed by atoms with Crippen molar-refractivity contribution in [2.75, 3.05) is 13.1 Å². The minimum absolute atomic E-state index is 0.00641. The summed E-state index contributed by atoms with van der Waals surface area (Å²) in [5.41, 5.74) is 1.60. The zero-order chi connectivity index (χ0) is 15.7. The molecule has 2 aromatic rings. The highest BCUT2D eigenvalue weighted by Crippen LogP contribution is 2.29. The molecule has 0 unspecified atom stereocenters. The highest BCUT2D eigenvalue weighted by Gasteiger charge is 2.26. The Morgan fingerprint density at radius 3 is 2.73 bits per heavy atom. The first kappa shape index (κ1) is 15.1. The number of nitrogens with zero attached hydrogens (tertiary/aromatic N) is 1. The van der Waals surface area contributed by atoms with E-state index in [0.717, 1.165) is 28.2 Å². The first-order valence-electron chi connectivity index (χ1n) is 7.33. The second-order valence-electron chi connectivity index (χ2n) is 5.70. The molecule has 1 amide bonds. The third kappa shape index (κ3) is 2.88. The van der Waals surface area contributed by atoms with Crippen LogP contribution in [0.3, 0.4) is 0 Å². The van der Waals surface area contributed by atoms with Crippen LogP contribution in [0.15, 0.2) is 28.9 Å². The molecule has 0 spiro atoms. The highest BCUT2D eigenvalue weighted by molar-refractivity contribution is 9.10. The Morgan fingerprint density at radius 2 is 2.05 bits per heavy atom. The molecule has 3 rings (SSSR count). The summed E-state index contributed by atoms with van der Waals surface area (Å²) in [6.45, 7) is 1.24. The van der Waals surface area contributed by atoms with Gasteiger partial charge in [-0.2, -0.15) is 0 Å². The van der Waals surface area contributed by atoms with Crippen LogP contribution in [0.2, 0.25) is 0 Å². The summed E-state index contributed by atoms with van der Waals surface area (Å²) in [7, 11) is 0. The van der Waals surface area contributed by atoms with Crippen molar-refractivity contribution >= 4 is 38.7 Å². The lowest BCUT2D eigenvalue weighted by Gasteiger charge is -2.31. The number of benzene rings is 1. The van der Waals surface area contributed by atoms with Crippen molar-refractivity contribution in [1.82, 2.24) is 9.88 Å². The molecule has 1 aliphatic rings. The summed E-state index contributed by atoms with van der Waals surface area (Å²) >= 11 is 3.50. The molecule has 1 aromatic carbocycles. The monoisotopic (exact) mass is 364 g/mol. The Balaban J connectivity index is 1.76. The van der Waals surface area contributed by atoms with Crippen LogP contribution in [0.25, 0.3) is 10.9 Å². The van der Waals surface area contributed by atoms with E-state index < -0.39 is 5.97 Å². The number of fused-ring (bicyclic) bond motifs is 1. The topological polar surface area (TPSA) is 73.4 Å². The summed E-state index contributed by atoms with van der Waals surface area (Å²) in [4.78, 5) is 28.4. The number of amides is 1. The number of carboxylic acid groups (broad SMARTS) is 1. The van der Waals surface area contributed by atoms with E-state index in [1.54, 1.807) is 6.20 Å². The van der Waals surface area contributed by atoms with Crippen LogP contribution in [0.5, 0.6) is 0 Å². The maximum absolute atomic E-state index is 12.7. The molecule has 0 aliphatic carbocycles. The van der Waals surface area contributed by atoms with Gasteiger partial charge in [-0.05, 0) is 30.9 Å². The van der Waals surface area contributed by atoms with Crippen molar-refractivity contribution < 1.29 is 14.7 Å². The molecule has 1 aromatic heterocycles. The maximum atomic E-state index is 12.7. The van der Waals surface area contributed by atoms with Gasteiger partial charge in [-0.3, -0.25) is 9.59 Å². The molecule has 22 heavy (non-hydrogen) atoms. The number of halogens is 1. The van der Waals surface area contributed by atoms with Crippen LogP contribution >= 0.6 is 15.9 Å². The van der Waals surface area contributed by atoms with E-state index in [1.165, 1.54) is 0 Å². The average Bonchev–Trinajstić information content (AvgIpc) is 2.92. The minimum Gasteiger partial charge on any atom is -0.481 e. The number of aromatic amines is 1. The van der Waals surface area contributed by atoms with E-state index in [0.29, 0.717) is 18.7 Å². The van der Waals surface area contributed by atoms with Crippen LogP contribution in [0.4, 0.5) is 0 Å². The molecule has 1 fully saturated rings. The largest absolute Gasteiger partial charge is 0.481 e. The molecule has 6 heteroatoms. The summed E-state index contributed by atoms with van der Waals surface area (Å²) in [6.07, 6.45) is 3.45. The van der Waals surface area contributed by atoms with E-state index in [-0.39, 0.29) is 18.2 Å². The molecule has 2 N–H and O–H groups in total. The zero-order valence-corrected chi connectivity index (χ0v) is 13.6. The van der Waals surface area contributed by atoms with E-state index in [2.05, 4.69) is 20.9 Å². The van der Waals surface area contributed by atoms with Crippen molar-refractivity contribution in [2.45, 2.75) is 19.3 Å². The lowest BCUT2D eigenvalue weighted by Crippen LogP contribution is -2.38. The Kier molecular flexibility index (Phi) is 4.20. The van der Waals surface area contributed by atoms with Crippen molar-refractivity contribution in [3.05, 3.63) is 34.4 Å². The minimum atomic E-state index is -0.759. The van der Waals surface area contributed by atoms with Crippen LogP contribution in [-0.2, 0) is 4.79 Å². The normalized spacial score (nSPS) is 16.1. The number of hydrogen-bond acceptors (Lipinski definition) is 2. The zero-order valence-electron chi connectivity index (χ0n) is 12.0. The van der Waals surface area contributed by atoms with Crippen molar-refractivity contribution in [1.29, 1.82) is 0 Å². The Morgan fingerprint density at radius 1 is 1.32 bits per heavy atom. The molecule has 0 atom stereocenters. The summed E-state index contributed by atoms with van der Waals surface area (Å²) in [6, 6.07) is 5.79. The molecule has 0 bridgehead atoms. The molecular formula is C16H17BrN2O3. The number of carboxylic acids is 1. The van der Waals surface area contributed by atoms with Crippen LogP contribution in [0, 0.1) is 5.92 Å². The van der Waals surface area contributed by atoms with Crippen molar-refractivity contribution in [3.63, 3.8) is 0 Å². The Bertz CT molecular complexity index is 717. The summed E-state index contributed by atoms with van der Waals surface area (Å²) in [5.74, 6) is -0.575. The second kappa shape index (κ2) is 6.12. The van der Waals surface area contributed by atoms with Gasteiger partial charge in [0, 0.05) is 41.1 Å². The van der Waals surface area contributed by atoms with Gasteiger partial charge in [0.25, 0.3) is 5.91 Å². The third-order valence-corrected chi connectivity index (χ3v) is 4.91. The van der Waals surface area contributed by atoms with Gasteiger partial charge < -0.3 is 15.0 Å². The predicted octanol–water partition coefficient (Wildman–Crippen LogP) is 3.26. The van der Waals surface area contributed by atoms with E-state index >= 15 is 0 Å². The Labute approximate surface area is 136 Å². The van der Waals surface area contributed by atoms with Crippen LogP contribution in [-0.4, -0.2) is 40.0 Å². The fraction of sp³-hybridized carbons (Fsp3) is 0.375. The van der Waals surface area contributed by atoms with E-state index in [1.807, 2.05) is 23.1 Å². The van der Waals surface area contributed by atoms with Gasteiger partial charge in [0.15, 0.2) is 0 Å². The summed E-state index contributed by atoms with van der Waals surface area (Å²) in [5, 5.41) is 9.75. The molecule has 0 radical (unpaired) electrons. The number of aromatic nitrogens is 1. The fourth-order valence-corrected chi connectivity index (χ4v) is 3.65. The number of likely N-dealkylation sites (tertiary alicyclic amines) is 1. The molecular weight excluding hydrogens is 348 g/mol. The molecule has 1 aliphatic heterocycles. The number of carbonyl (C=O) groups excluding carboxylic acids is 1. The lowest BCUT2D eigenvalue weighted by molar-refractivity contribution is -0.138. The molecule has 116 valence electrons. The quantitative estimate of drug-likeness (QED) is 0.877. The molecule has 2 heterocycles. The van der Waals surface area contributed by atoms with Gasteiger partial charge >= 0.3 is 5.97 Å². The molecule has 0 saturated carbocycles. The number of piperidine rings is 1. The maximum Gasteiger partial charge on any atom is 0.303 e.